The highest BCUT2D eigenvalue weighted by atomic mass is 16.6. The number of carbonyl (C=O) groups excluding carboxylic acids is 1. The summed E-state index contributed by atoms with van der Waals surface area (Å²) in [6.07, 6.45) is 0. The van der Waals surface area contributed by atoms with Gasteiger partial charge in [-0.2, -0.15) is 0 Å². The lowest BCUT2D eigenvalue weighted by Gasteiger charge is -2.12. The van der Waals surface area contributed by atoms with Gasteiger partial charge in [-0.25, -0.2) is 4.98 Å². The maximum atomic E-state index is 11.2. The van der Waals surface area contributed by atoms with Crippen molar-refractivity contribution in [1.29, 1.82) is 0 Å². The molecule has 6 heteroatoms. The predicted octanol–water partition coefficient (Wildman–Crippen LogP) is 4.05. The number of carbonyl (C=O) groups is 1. The van der Waals surface area contributed by atoms with Crippen molar-refractivity contribution in [3.05, 3.63) is 48.2 Å². The third-order valence-electron chi connectivity index (χ3n) is 4.23. The number of aromatic amines is 1. The Labute approximate surface area is 158 Å². The number of methoxy groups -OCH3 is 1. The molecule has 0 spiro atoms. The van der Waals surface area contributed by atoms with Gasteiger partial charge in [0.25, 0.3) is 0 Å². The minimum absolute atomic E-state index is 0.386. The van der Waals surface area contributed by atoms with Crippen LogP contribution in [0.2, 0.25) is 0 Å². The lowest BCUT2D eigenvalue weighted by Crippen LogP contribution is -2.07. The van der Waals surface area contributed by atoms with E-state index in [9.17, 15) is 4.79 Å². The smallest absolute Gasteiger partial charge is 0.308 e. The SMILES string of the molecule is COc1cc(-c2nc(-c3ccc(N(C)C)cc3)c(C)[nH]2)ccc1OC(C)=O. The summed E-state index contributed by atoms with van der Waals surface area (Å²) in [7, 11) is 5.57. The molecule has 0 unspecified atom stereocenters. The van der Waals surface area contributed by atoms with E-state index < -0.39 is 5.97 Å². The third kappa shape index (κ3) is 3.95. The van der Waals surface area contributed by atoms with Crippen molar-refractivity contribution in [3.8, 4) is 34.1 Å². The number of imidazole rings is 1. The van der Waals surface area contributed by atoms with Crippen LogP contribution in [0.25, 0.3) is 22.6 Å². The molecule has 6 nitrogen and oxygen atoms in total. The number of aryl methyl sites for hydroxylation is 1. The summed E-state index contributed by atoms with van der Waals surface area (Å²) >= 11 is 0. The molecule has 0 amide bonds. The van der Waals surface area contributed by atoms with Crippen LogP contribution < -0.4 is 14.4 Å². The monoisotopic (exact) mass is 365 g/mol. The van der Waals surface area contributed by atoms with Crippen LogP contribution in [-0.4, -0.2) is 37.1 Å². The van der Waals surface area contributed by atoms with Crippen molar-refractivity contribution in [2.24, 2.45) is 0 Å². The highest BCUT2D eigenvalue weighted by Crippen LogP contribution is 2.33. The number of ether oxygens (including phenoxy) is 2. The normalized spacial score (nSPS) is 10.6. The van der Waals surface area contributed by atoms with E-state index in [1.54, 1.807) is 12.1 Å². The molecule has 0 radical (unpaired) electrons. The van der Waals surface area contributed by atoms with Crippen molar-refractivity contribution in [3.63, 3.8) is 0 Å². The highest BCUT2D eigenvalue weighted by molar-refractivity contribution is 5.73. The zero-order valence-electron chi connectivity index (χ0n) is 16.2. The minimum Gasteiger partial charge on any atom is -0.493 e. The number of H-pyrrole nitrogens is 1. The maximum absolute atomic E-state index is 11.2. The Morgan fingerprint density at radius 3 is 2.30 bits per heavy atom. The molecule has 0 atom stereocenters. The molecular weight excluding hydrogens is 342 g/mol. The molecule has 1 heterocycles. The Morgan fingerprint density at radius 1 is 1.04 bits per heavy atom. The predicted molar refractivity (Wildman–Crippen MR) is 106 cm³/mol. The average Bonchev–Trinajstić information content (AvgIpc) is 3.03. The van der Waals surface area contributed by atoms with E-state index in [-0.39, 0.29) is 0 Å². The van der Waals surface area contributed by atoms with Crippen molar-refractivity contribution in [1.82, 2.24) is 9.97 Å². The minimum atomic E-state index is -0.390. The van der Waals surface area contributed by atoms with Crippen molar-refractivity contribution < 1.29 is 14.3 Å². The molecule has 3 aromatic rings. The van der Waals surface area contributed by atoms with Gasteiger partial charge in [-0.05, 0) is 37.3 Å². The van der Waals surface area contributed by atoms with Crippen LogP contribution in [0.15, 0.2) is 42.5 Å². The quantitative estimate of drug-likeness (QED) is 0.546. The molecule has 1 N–H and O–H groups in total. The molecule has 0 fully saturated rings. The largest absolute Gasteiger partial charge is 0.493 e. The van der Waals surface area contributed by atoms with Gasteiger partial charge in [-0.1, -0.05) is 12.1 Å². The van der Waals surface area contributed by atoms with Crippen LogP contribution in [0, 0.1) is 6.92 Å². The molecule has 0 saturated heterocycles. The molecule has 0 bridgehead atoms. The van der Waals surface area contributed by atoms with Gasteiger partial charge in [-0.15, -0.1) is 0 Å². The molecule has 0 aliphatic rings. The summed E-state index contributed by atoms with van der Waals surface area (Å²) in [5.74, 6) is 1.20. The standard InChI is InChI=1S/C21H23N3O3/c1-13-20(15-6-9-17(10-7-15)24(3)4)23-21(22-13)16-8-11-18(27-14(2)25)19(12-16)26-5/h6-12H,1-5H3,(H,22,23). The fourth-order valence-electron chi connectivity index (χ4n) is 2.85. The van der Waals surface area contributed by atoms with Gasteiger partial charge in [0, 0.05) is 43.5 Å². The number of rotatable bonds is 5. The van der Waals surface area contributed by atoms with Crippen molar-refractivity contribution in [2.75, 3.05) is 26.1 Å². The molecule has 27 heavy (non-hydrogen) atoms. The molecule has 0 aliphatic carbocycles. The van der Waals surface area contributed by atoms with Crippen molar-refractivity contribution in [2.45, 2.75) is 13.8 Å². The van der Waals surface area contributed by atoms with E-state index in [0.29, 0.717) is 11.5 Å². The first-order valence-electron chi connectivity index (χ1n) is 8.60. The second-order valence-corrected chi connectivity index (χ2v) is 6.46. The summed E-state index contributed by atoms with van der Waals surface area (Å²) in [6.45, 7) is 3.35. The number of hydrogen-bond donors (Lipinski definition) is 1. The molecule has 0 saturated carbocycles. The topological polar surface area (TPSA) is 67.4 Å². The number of aromatic nitrogens is 2. The summed E-state index contributed by atoms with van der Waals surface area (Å²) in [6, 6.07) is 13.6. The molecular formula is C21H23N3O3. The fraction of sp³-hybridized carbons (Fsp3) is 0.238. The van der Waals surface area contributed by atoms with Crippen LogP contribution in [0.5, 0.6) is 11.5 Å². The first-order chi connectivity index (χ1) is 12.9. The third-order valence-corrected chi connectivity index (χ3v) is 4.23. The van der Waals surface area contributed by atoms with E-state index in [1.807, 2.05) is 27.1 Å². The number of hydrogen-bond acceptors (Lipinski definition) is 5. The van der Waals surface area contributed by atoms with E-state index >= 15 is 0 Å². The zero-order chi connectivity index (χ0) is 19.6. The number of esters is 1. The maximum Gasteiger partial charge on any atom is 0.308 e. The van der Waals surface area contributed by atoms with Gasteiger partial charge in [0.1, 0.15) is 5.82 Å². The molecule has 140 valence electrons. The molecule has 3 rings (SSSR count). The van der Waals surface area contributed by atoms with Crippen LogP contribution in [-0.2, 0) is 4.79 Å². The first-order valence-corrected chi connectivity index (χ1v) is 8.60. The van der Waals surface area contributed by atoms with Gasteiger partial charge in [0.2, 0.25) is 0 Å². The van der Waals surface area contributed by atoms with Crippen molar-refractivity contribution >= 4 is 11.7 Å². The Bertz CT molecular complexity index is 959. The second-order valence-electron chi connectivity index (χ2n) is 6.46. The Hall–Kier alpha value is -3.28. The van der Waals surface area contributed by atoms with Crippen LogP contribution in [0.1, 0.15) is 12.6 Å². The Balaban J connectivity index is 1.95. The van der Waals surface area contributed by atoms with Gasteiger partial charge >= 0.3 is 5.97 Å². The van der Waals surface area contributed by atoms with E-state index in [1.165, 1.54) is 14.0 Å². The average molecular weight is 365 g/mol. The van der Waals surface area contributed by atoms with Gasteiger partial charge < -0.3 is 19.4 Å². The van der Waals surface area contributed by atoms with E-state index in [0.717, 1.165) is 34.0 Å². The summed E-state index contributed by atoms with van der Waals surface area (Å²) < 4.78 is 10.5. The number of benzene rings is 2. The van der Waals surface area contributed by atoms with Crippen LogP contribution in [0.4, 0.5) is 5.69 Å². The fourth-order valence-corrected chi connectivity index (χ4v) is 2.85. The first kappa shape index (κ1) is 18.5. The molecule has 1 aromatic heterocycles. The summed E-state index contributed by atoms with van der Waals surface area (Å²) in [5.41, 5.74) is 4.91. The van der Waals surface area contributed by atoms with E-state index in [4.69, 9.17) is 14.5 Å². The number of anilines is 1. The number of nitrogens with one attached hydrogen (secondary N) is 1. The van der Waals surface area contributed by atoms with Gasteiger partial charge in [0.15, 0.2) is 11.5 Å². The summed E-state index contributed by atoms with van der Waals surface area (Å²) in [4.78, 5) is 21.3. The lowest BCUT2D eigenvalue weighted by atomic mass is 10.1. The molecule has 2 aromatic carbocycles. The van der Waals surface area contributed by atoms with Gasteiger partial charge in [0.05, 0.1) is 12.8 Å². The summed E-state index contributed by atoms with van der Waals surface area (Å²) in [5, 5.41) is 0. The zero-order valence-corrected chi connectivity index (χ0v) is 16.2. The van der Waals surface area contributed by atoms with Crippen LogP contribution >= 0.6 is 0 Å². The number of nitrogens with zero attached hydrogens (tertiary/aromatic N) is 2. The molecule has 0 aliphatic heterocycles. The Morgan fingerprint density at radius 2 is 1.70 bits per heavy atom. The van der Waals surface area contributed by atoms with E-state index in [2.05, 4.69) is 34.1 Å². The van der Waals surface area contributed by atoms with Gasteiger partial charge in [-0.3, -0.25) is 4.79 Å². The van der Waals surface area contributed by atoms with Crippen LogP contribution in [0.3, 0.4) is 0 Å². The highest BCUT2D eigenvalue weighted by Gasteiger charge is 2.14. The second kappa shape index (κ2) is 7.53. The Kier molecular flexibility index (Phi) is 5.16. The lowest BCUT2D eigenvalue weighted by molar-refractivity contribution is -0.132.